The number of hydrogen-bond donors (Lipinski definition) is 4. The van der Waals surface area contributed by atoms with E-state index in [4.69, 9.17) is 14.8 Å². The van der Waals surface area contributed by atoms with E-state index >= 15 is 0 Å². The Hall–Kier alpha value is -2.79. The number of rotatable bonds is 7. The van der Waals surface area contributed by atoms with Crippen LogP contribution in [0.1, 0.15) is 12.5 Å². The Balaban J connectivity index is 1.42. The van der Waals surface area contributed by atoms with Crippen molar-refractivity contribution >= 4 is 24.9 Å². The highest BCUT2D eigenvalue weighted by atomic mass is 31.2. The van der Waals surface area contributed by atoms with Crippen LogP contribution in [0.2, 0.25) is 0 Å². The lowest BCUT2D eigenvalue weighted by atomic mass is 9.70. The van der Waals surface area contributed by atoms with Crippen molar-refractivity contribution in [2.45, 2.75) is 12.5 Å². The fourth-order valence-electron chi connectivity index (χ4n) is 3.59. The predicted octanol–water partition coefficient (Wildman–Crippen LogP) is 1.21. The number of benzene rings is 1. The van der Waals surface area contributed by atoms with Gasteiger partial charge in [0.1, 0.15) is 11.6 Å². The van der Waals surface area contributed by atoms with E-state index in [0.29, 0.717) is 12.1 Å². The average Bonchev–Trinajstić information content (AvgIpc) is 3.06. The number of hydrogen-bond acceptors (Lipinski definition) is 8. The van der Waals surface area contributed by atoms with Crippen molar-refractivity contribution in [2.75, 3.05) is 18.9 Å². The molecule has 3 aromatic rings. The van der Waals surface area contributed by atoms with Crippen molar-refractivity contribution in [1.82, 2.24) is 19.5 Å². The summed E-state index contributed by atoms with van der Waals surface area (Å²) in [6.45, 7) is -0.356. The number of aliphatic hydroxyl groups excluding tert-OH is 1. The summed E-state index contributed by atoms with van der Waals surface area (Å²) in [6.07, 6.45) is 1.94. The van der Waals surface area contributed by atoms with Gasteiger partial charge in [-0.25, -0.2) is 13.9 Å². The maximum atomic E-state index is 12.9. The van der Waals surface area contributed by atoms with Crippen LogP contribution in [-0.4, -0.2) is 42.7 Å². The molecule has 11 nitrogen and oxygen atoms in total. The molecule has 0 aliphatic heterocycles. The van der Waals surface area contributed by atoms with Gasteiger partial charge in [0.25, 0.3) is 5.56 Å². The lowest BCUT2D eigenvalue weighted by Crippen LogP contribution is -2.43. The molecule has 1 aliphatic rings. The molecule has 0 radical (unpaired) electrons. The van der Waals surface area contributed by atoms with Crippen LogP contribution in [0.4, 0.5) is 10.3 Å². The first kappa shape index (κ1) is 20.5. The van der Waals surface area contributed by atoms with Crippen molar-refractivity contribution in [3.05, 3.63) is 46.8 Å². The van der Waals surface area contributed by atoms with E-state index in [2.05, 4.69) is 15.0 Å². The topological polar surface area (TPSA) is 166 Å². The summed E-state index contributed by atoms with van der Waals surface area (Å²) in [4.78, 5) is 32.3. The number of nitrogens with zero attached hydrogens (tertiary/aromatic N) is 3. The highest BCUT2D eigenvalue weighted by Crippen LogP contribution is 2.49. The molecule has 1 aromatic carbocycles. The SMILES string of the molecule is Nc1nc2c(ncn2[C@@H]2C[C@H](COP(=O)(O)Oc3ccc(F)cc3)[C@@H]2CO)c(=O)[nH]1. The fourth-order valence-corrected chi connectivity index (χ4v) is 4.41. The predicted molar refractivity (Wildman–Crippen MR) is 103 cm³/mol. The molecule has 0 spiro atoms. The molecule has 0 saturated heterocycles. The number of nitrogens with one attached hydrogen (secondary N) is 1. The largest absolute Gasteiger partial charge is 0.527 e. The monoisotopic (exact) mass is 439 g/mol. The number of imidazole rings is 1. The Morgan fingerprint density at radius 2 is 2.10 bits per heavy atom. The Morgan fingerprint density at radius 1 is 1.37 bits per heavy atom. The summed E-state index contributed by atoms with van der Waals surface area (Å²) in [6, 6.07) is 4.37. The van der Waals surface area contributed by atoms with E-state index in [-0.39, 0.29) is 48.3 Å². The van der Waals surface area contributed by atoms with E-state index in [1.165, 1.54) is 18.5 Å². The second-order valence-electron chi connectivity index (χ2n) is 6.99. The Kier molecular flexibility index (Phi) is 5.33. The standard InChI is InChI=1S/C17H19FN5O6P/c18-10-1-3-11(4-2-10)29-30(26,27)28-7-9-5-13(12(9)6-24)23-8-20-14-15(23)21-17(19)22-16(14)25/h1-4,8-9,12-13,24H,5-7H2,(H,26,27)(H3,19,21,22,25)/t9-,12+,13-/m1/s1. The zero-order valence-electron chi connectivity index (χ0n) is 15.5. The first-order valence-electron chi connectivity index (χ1n) is 9.03. The van der Waals surface area contributed by atoms with Gasteiger partial charge in [0.05, 0.1) is 12.9 Å². The van der Waals surface area contributed by atoms with Crippen LogP contribution < -0.4 is 15.8 Å². The maximum Gasteiger partial charge on any atom is 0.527 e. The van der Waals surface area contributed by atoms with Crippen LogP contribution in [0.3, 0.4) is 0 Å². The molecule has 13 heteroatoms. The number of phosphoric acid groups is 1. The van der Waals surface area contributed by atoms with Crippen LogP contribution in [-0.2, 0) is 9.09 Å². The molecule has 2 heterocycles. The van der Waals surface area contributed by atoms with Crippen molar-refractivity contribution < 1.29 is 28.0 Å². The molecule has 1 aliphatic carbocycles. The van der Waals surface area contributed by atoms with Crippen LogP contribution in [0.15, 0.2) is 35.4 Å². The zero-order chi connectivity index (χ0) is 21.5. The van der Waals surface area contributed by atoms with Gasteiger partial charge in [-0.05, 0) is 36.6 Å². The summed E-state index contributed by atoms with van der Waals surface area (Å²) in [5.74, 6) is -1.13. The van der Waals surface area contributed by atoms with E-state index < -0.39 is 19.2 Å². The van der Waals surface area contributed by atoms with Gasteiger partial charge in [0.2, 0.25) is 5.95 Å². The second kappa shape index (κ2) is 7.80. The van der Waals surface area contributed by atoms with Gasteiger partial charge in [0.15, 0.2) is 11.2 Å². The van der Waals surface area contributed by atoms with Gasteiger partial charge in [-0.15, -0.1) is 0 Å². The Morgan fingerprint density at radius 3 is 2.80 bits per heavy atom. The highest BCUT2D eigenvalue weighted by Gasteiger charge is 2.44. The van der Waals surface area contributed by atoms with Gasteiger partial charge < -0.3 is 19.9 Å². The molecule has 2 aromatic heterocycles. The third kappa shape index (κ3) is 3.94. The number of aromatic amines is 1. The summed E-state index contributed by atoms with van der Waals surface area (Å²) in [7, 11) is -4.43. The summed E-state index contributed by atoms with van der Waals surface area (Å²) >= 11 is 0. The van der Waals surface area contributed by atoms with Crippen LogP contribution in [0.5, 0.6) is 5.75 Å². The molecule has 1 fully saturated rings. The highest BCUT2D eigenvalue weighted by molar-refractivity contribution is 7.47. The van der Waals surface area contributed by atoms with E-state index in [0.717, 1.165) is 12.1 Å². The molecule has 1 saturated carbocycles. The van der Waals surface area contributed by atoms with Gasteiger partial charge in [-0.3, -0.25) is 19.2 Å². The molecule has 4 atom stereocenters. The number of aliphatic hydroxyl groups is 1. The van der Waals surface area contributed by atoms with E-state index in [1.54, 1.807) is 4.57 Å². The van der Waals surface area contributed by atoms with Gasteiger partial charge >= 0.3 is 7.82 Å². The van der Waals surface area contributed by atoms with Crippen molar-refractivity contribution in [2.24, 2.45) is 11.8 Å². The van der Waals surface area contributed by atoms with E-state index in [1.807, 2.05) is 0 Å². The third-order valence-electron chi connectivity index (χ3n) is 5.15. The smallest absolute Gasteiger partial charge is 0.404 e. The third-order valence-corrected chi connectivity index (χ3v) is 6.07. The maximum absolute atomic E-state index is 12.9. The van der Waals surface area contributed by atoms with Gasteiger partial charge in [-0.1, -0.05) is 0 Å². The molecule has 160 valence electrons. The lowest BCUT2D eigenvalue weighted by Gasteiger charge is -2.44. The normalized spacial score (nSPS) is 23.1. The van der Waals surface area contributed by atoms with E-state index in [9.17, 15) is 23.7 Å². The minimum atomic E-state index is -4.43. The molecule has 4 rings (SSSR count). The number of halogens is 1. The first-order chi connectivity index (χ1) is 14.3. The molecular weight excluding hydrogens is 420 g/mol. The van der Waals surface area contributed by atoms with Crippen LogP contribution in [0.25, 0.3) is 11.2 Å². The number of nitrogens with two attached hydrogens (primary N) is 1. The molecular formula is C17H19FN5O6P. The summed E-state index contributed by atoms with van der Waals surface area (Å²) in [5.41, 5.74) is 5.57. The molecule has 30 heavy (non-hydrogen) atoms. The Bertz CT molecular complexity index is 1170. The van der Waals surface area contributed by atoms with Gasteiger partial charge in [-0.2, -0.15) is 4.98 Å². The second-order valence-corrected chi connectivity index (χ2v) is 8.37. The number of nitrogen functional groups attached to an aromatic ring is 1. The quantitative estimate of drug-likeness (QED) is 0.396. The molecule has 1 unspecified atom stereocenters. The van der Waals surface area contributed by atoms with Crippen molar-refractivity contribution in [1.29, 1.82) is 0 Å². The first-order valence-corrected chi connectivity index (χ1v) is 10.5. The summed E-state index contributed by atoms with van der Waals surface area (Å²) in [5, 5.41) is 9.80. The zero-order valence-corrected chi connectivity index (χ0v) is 16.4. The summed E-state index contributed by atoms with van der Waals surface area (Å²) < 4.78 is 36.7. The molecule has 5 N–H and O–H groups in total. The Labute approximate surface area is 168 Å². The minimum Gasteiger partial charge on any atom is -0.404 e. The van der Waals surface area contributed by atoms with Crippen LogP contribution in [0, 0.1) is 17.7 Å². The lowest BCUT2D eigenvalue weighted by molar-refractivity contribution is -0.00487. The number of phosphoric ester groups is 1. The molecule has 0 amide bonds. The van der Waals surface area contributed by atoms with Crippen molar-refractivity contribution in [3.8, 4) is 5.75 Å². The number of fused-ring (bicyclic) bond motifs is 1. The average molecular weight is 439 g/mol. The number of aromatic nitrogens is 4. The number of anilines is 1. The number of H-pyrrole nitrogens is 1. The van der Waals surface area contributed by atoms with Gasteiger partial charge in [0, 0.05) is 18.6 Å². The minimum absolute atomic E-state index is 0.00815. The van der Waals surface area contributed by atoms with Crippen molar-refractivity contribution in [3.63, 3.8) is 0 Å². The van der Waals surface area contributed by atoms with Crippen LogP contribution >= 0.6 is 7.82 Å². The molecule has 0 bridgehead atoms. The fraction of sp³-hybridized carbons (Fsp3) is 0.353.